The number of rotatable bonds is 9. The van der Waals surface area contributed by atoms with Gasteiger partial charge in [0, 0.05) is 19.6 Å². The molecule has 0 bridgehead atoms. The van der Waals surface area contributed by atoms with Gasteiger partial charge in [0.05, 0.1) is 6.61 Å². The summed E-state index contributed by atoms with van der Waals surface area (Å²) in [6, 6.07) is 15.4. The molecule has 0 spiro atoms. The van der Waals surface area contributed by atoms with Crippen LogP contribution < -0.4 is 10.6 Å². The van der Waals surface area contributed by atoms with Gasteiger partial charge in [-0.2, -0.15) is 13.2 Å². The van der Waals surface area contributed by atoms with E-state index in [1.165, 1.54) is 14.0 Å². The number of hydrogen-bond acceptors (Lipinski definition) is 5. The van der Waals surface area contributed by atoms with Crippen LogP contribution in [0.4, 0.5) is 18.0 Å². The van der Waals surface area contributed by atoms with Crippen molar-refractivity contribution < 1.29 is 42.1 Å². The van der Waals surface area contributed by atoms with Crippen LogP contribution in [0.25, 0.3) is 11.1 Å². The summed E-state index contributed by atoms with van der Waals surface area (Å²) >= 11 is 0. The predicted octanol–water partition coefficient (Wildman–Crippen LogP) is 3.31. The Morgan fingerprint density at radius 1 is 1.03 bits per heavy atom. The van der Waals surface area contributed by atoms with Crippen LogP contribution in [0.3, 0.4) is 0 Å². The van der Waals surface area contributed by atoms with Crippen LogP contribution >= 0.6 is 0 Å². The third kappa shape index (κ3) is 5.73. The van der Waals surface area contributed by atoms with E-state index in [2.05, 4.69) is 5.32 Å². The average Bonchev–Trinajstić information content (AvgIpc) is 3.10. The van der Waals surface area contributed by atoms with Crippen LogP contribution in [0.1, 0.15) is 24.0 Å². The zero-order chi connectivity index (χ0) is 25.8. The topological polar surface area (TPSA) is 114 Å². The molecule has 2 amide bonds. The number of halogens is 3. The van der Waals surface area contributed by atoms with Gasteiger partial charge in [0.25, 0.3) is 0 Å². The first-order valence-electron chi connectivity index (χ1n) is 10.7. The molecule has 1 aliphatic carbocycles. The van der Waals surface area contributed by atoms with Crippen LogP contribution in [0.15, 0.2) is 48.5 Å². The molecule has 35 heavy (non-hydrogen) atoms. The number of methoxy groups -OCH3 is 1. The number of alkyl carbamates (subject to hydrolysis) is 1. The monoisotopic (exact) mass is 494 g/mol. The maximum absolute atomic E-state index is 12.9. The largest absolute Gasteiger partial charge is 0.481 e. The highest BCUT2D eigenvalue weighted by Gasteiger charge is 2.46. The van der Waals surface area contributed by atoms with Crippen molar-refractivity contribution in [2.75, 3.05) is 26.9 Å². The van der Waals surface area contributed by atoms with Crippen LogP contribution in [0.2, 0.25) is 0 Å². The van der Waals surface area contributed by atoms with Crippen molar-refractivity contribution in [3.05, 3.63) is 59.7 Å². The van der Waals surface area contributed by atoms with Gasteiger partial charge in [0.15, 0.2) is 5.92 Å². The number of carbonyl (C=O) groups excluding carboxylic acids is 2. The third-order valence-corrected chi connectivity index (χ3v) is 5.82. The molecule has 0 fully saturated rings. The quantitative estimate of drug-likeness (QED) is 0.493. The smallest absolute Gasteiger partial charge is 0.408 e. The molecule has 3 rings (SSSR count). The van der Waals surface area contributed by atoms with Crippen molar-refractivity contribution in [1.29, 1.82) is 0 Å². The van der Waals surface area contributed by atoms with E-state index in [9.17, 15) is 27.6 Å². The maximum Gasteiger partial charge on any atom is 0.408 e. The zero-order valence-corrected chi connectivity index (χ0v) is 19.0. The lowest BCUT2D eigenvalue weighted by Crippen LogP contribution is -2.60. The Balaban J connectivity index is 1.67. The van der Waals surface area contributed by atoms with Crippen LogP contribution in [0, 0.1) is 5.92 Å². The maximum atomic E-state index is 12.9. The average molecular weight is 494 g/mol. The fraction of sp³-hybridized carbons (Fsp3) is 0.375. The molecule has 0 saturated heterocycles. The van der Waals surface area contributed by atoms with E-state index >= 15 is 0 Å². The first-order chi connectivity index (χ1) is 16.5. The summed E-state index contributed by atoms with van der Waals surface area (Å²) in [5, 5.41) is 13.1. The lowest BCUT2D eigenvalue weighted by molar-refractivity contribution is -0.192. The highest BCUT2D eigenvalue weighted by atomic mass is 19.4. The molecule has 11 heteroatoms. The van der Waals surface area contributed by atoms with Gasteiger partial charge in [-0.1, -0.05) is 48.5 Å². The molecular formula is C24H25F3N2O6. The van der Waals surface area contributed by atoms with Crippen molar-refractivity contribution in [2.24, 2.45) is 5.92 Å². The van der Waals surface area contributed by atoms with E-state index in [4.69, 9.17) is 14.6 Å². The van der Waals surface area contributed by atoms with Crippen molar-refractivity contribution in [1.82, 2.24) is 10.6 Å². The summed E-state index contributed by atoms with van der Waals surface area (Å²) < 4.78 is 49.0. The van der Waals surface area contributed by atoms with E-state index in [-0.39, 0.29) is 12.5 Å². The van der Waals surface area contributed by atoms with Gasteiger partial charge >= 0.3 is 18.2 Å². The van der Waals surface area contributed by atoms with Crippen molar-refractivity contribution in [3.8, 4) is 11.1 Å². The Labute approximate surface area is 199 Å². The van der Waals surface area contributed by atoms with Gasteiger partial charge in [-0.05, 0) is 29.2 Å². The number of hydrogen-bond donors (Lipinski definition) is 3. The first kappa shape index (κ1) is 26.0. The number of aliphatic carboxylic acids is 1. The number of carbonyl (C=O) groups is 3. The number of amides is 2. The molecule has 8 nitrogen and oxygen atoms in total. The third-order valence-electron chi connectivity index (χ3n) is 5.82. The minimum atomic E-state index is -5.06. The summed E-state index contributed by atoms with van der Waals surface area (Å²) in [5.74, 6) is -6.22. The van der Waals surface area contributed by atoms with Gasteiger partial charge < -0.3 is 25.2 Å². The molecule has 188 valence electrons. The highest BCUT2D eigenvalue weighted by Crippen LogP contribution is 2.44. The highest BCUT2D eigenvalue weighted by molar-refractivity contribution is 5.90. The van der Waals surface area contributed by atoms with Gasteiger partial charge in [0.2, 0.25) is 5.91 Å². The minimum absolute atomic E-state index is 0.0420. The normalized spacial score (nSPS) is 15.3. The van der Waals surface area contributed by atoms with E-state index in [0.717, 1.165) is 22.3 Å². The van der Waals surface area contributed by atoms with E-state index < -0.39 is 48.8 Å². The van der Waals surface area contributed by atoms with Crippen molar-refractivity contribution >= 4 is 18.0 Å². The first-order valence-corrected chi connectivity index (χ1v) is 10.7. The van der Waals surface area contributed by atoms with Crippen LogP contribution in [-0.4, -0.2) is 61.7 Å². The molecule has 0 radical (unpaired) electrons. The fourth-order valence-electron chi connectivity index (χ4n) is 4.04. The van der Waals surface area contributed by atoms with E-state index in [0.29, 0.717) is 0 Å². The predicted molar refractivity (Wildman–Crippen MR) is 119 cm³/mol. The number of ether oxygens (including phenoxy) is 2. The van der Waals surface area contributed by atoms with Gasteiger partial charge in [-0.25, -0.2) is 4.79 Å². The lowest BCUT2D eigenvalue weighted by Gasteiger charge is -2.29. The van der Waals surface area contributed by atoms with E-state index in [1.807, 2.05) is 53.8 Å². The SMILES string of the molecule is COCC(C)(NC(=O)OCC1c2ccccc2-c2ccccc21)C(=O)NCC(C(=O)O)C(F)(F)F. The molecule has 2 atom stereocenters. The number of fused-ring (bicyclic) bond motifs is 3. The molecule has 2 aromatic carbocycles. The second-order valence-corrected chi connectivity index (χ2v) is 8.36. The number of carboxylic acid groups (broad SMARTS) is 1. The molecule has 3 N–H and O–H groups in total. The fourth-order valence-corrected chi connectivity index (χ4v) is 4.04. The van der Waals surface area contributed by atoms with Crippen LogP contribution in [-0.2, 0) is 19.1 Å². The molecule has 0 aliphatic heterocycles. The summed E-state index contributed by atoms with van der Waals surface area (Å²) in [4.78, 5) is 36.1. The Hall–Kier alpha value is -3.60. The molecule has 2 aromatic rings. The van der Waals surface area contributed by atoms with E-state index in [1.54, 1.807) is 0 Å². The Morgan fingerprint density at radius 3 is 2.06 bits per heavy atom. The molecule has 0 aromatic heterocycles. The number of benzene rings is 2. The second-order valence-electron chi connectivity index (χ2n) is 8.36. The summed E-state index contributed by atoms with van der Waals surface area (Å²) in [7, 11) is 1.24. The zero-order valence-electron chi connectivity index (χ0n) is 19.0. The Kier molecular flexibility index (Phi) is 7.69. The summed E-state index contributed by atoms with van der Waals surface area (Å²) in [6.07, 6.45) is -6.04. The van der Waals surface area contributed by atoms with Gasteiger partial charge in [-0.15, -0.1) is 0 Å². The second kappa shape index (κ2) is 10.3. The number of nitrogens with one attached hydrogen (secondary N) is 2. The molecule has 0 saturated carbocycles. The standard InChI is InChI=1S/C24H25F3N2O6/c1-23(13-34-2,21(32)28-11-19(20(30)31)24(25,26)27)29-22(33)35-12-18-16-9-5-3-7-14(16)15-8-4-6-10-17(15)18/h3-10,18-19H,11-13H2,1-2H3,(H,28,32)(H,29,33)(H,30,31). The number of alkyl halides is 3. The molecule has 0 heterocycles. The van der Waals surface area contributed by atoms with Gasteiger partial charge in [0.1, 0.15) is 12.1 Å². The lowest BCUT2D eigenvalue weighted by atomic mass is 9.98. The van der Waals surface area contributed by atoms with Crippen molar-refractivity contribution in [2.45, 2.75) is 24.6 Å². The number of carboxylic acids is 1. The Morgan fingerprint density at radius 2 is 1.57 bits per heavy atom. The summed E-state index contributed by atoms with van der Waals surface area (Å²) in [5.41, 5.74) is 2.19. The summed E-state index contributed by atoms with van der Waals surface area (Å²) in [6.45, 7) is -0.410. The minimum Gasteiger partial charge on any atom is -0.481 e. The van der Waals surface area contributed by atoms with Crippen molar-refractivity contribution in [3.63, 3.8) is 0 Å². The molecule has 2 unspecified atom stereocenters. The molecular weight excluding hydrogens is 469 g/mol. The molecule has 1 aliphatic rings. The van der Waals surface area contributed by atoms with Crippen LogP contribution in [0.5, 0.6) is 0 Å². The Bertz CT molecular complexity index is 1060. The van der Waals surface area contributed by atoms with Gasteiger partial charge in [-0.3, -0.25) is 9.59 Å².